The van der Waals surface area contributed by atoms with Crippen molar-refractivity contribution in [1.82, 2.24) is 0 Å². The van der Waals surface area contributed by atoms with Crippen molar-refractivity contribution in [2.75, 3.05) is 4.90 Å². The Bertz CT molecular complexity index is 1200. The number of anilines is 1. The molecular formula is C28H27NO4. The zero-order valence-corrected chi connectivity index (χ0v) is 19.1. The number of benzene rings is 3. The van der Waals surface area contributed by atoms with Gasteiger partial charge in [-0.15, -0.1) is 6.58 Å². The molecular weight excluding hydrogens is 414 g/mol. The number of carbonyl (C=O) groups is 2. The molecule has 5 nitrogen and oxygen atoms in total. The number of rotatable bonds is 5. The number of amides is 2. The van der Waals surface area contributed by atoms with Crippen LogP contribution in [0.1, 0.15) is 37.5 Å². The smallest absolute Gasteiger partial charge is 0.421 e. The third kappa shape index (κ3) is 4.02. The largest absolute Gasteiger partial charge is 0.489 e. The predicted octanol–water partition coefficient (Wildman–Crippen LogP) is 6.02. The van der Waals surface area contributed by atoms with Gasteiger partial charge in [-0.2, -0.15) is 0 Å². The summed E-state index contributed by atoms with van der Waals surface area (Å²) in [6.45, 7) is 9.66. The van der Waals surface area contributed by atoms with Crippen LogP contribution >= 0.6 is 0 Å². The van der Waals surface area contributed by atoms with E-state index >= 15 is 0 Å². The summed E-state index contributed by atoms with van der Waals surface area (Å²) >= 11 is 0. The van der Waals surface area contributed by atoms with Gasteiger partial charge in [0.15, 0.2) is 0 Å². The summed E-state index contributed by atoms with van der Waals surface area (Å²) < 4.78 is 11.7. The van der Waals surface area contributed by atoms with Gasteiger partial charge < -0.3 is 9.47 Å². The van der Waals surface area contributed by atoms with Crippen molar-refractivity contribution in [3.8, 4) is 5.75 Å². The van der Waals surface area contributed by atoms with Crippen LogP contribution in [0.3, 0.4) is 0 Å². The summed E-state index contributed by atoms with van der Waals surface area (Å²) in [6.07, 6.45) is 0.870. The van der Waals surface area contributed by atoms with Gasteiger partial charge in [-0.1, -0.05) is 72.8 Å². The van der Waals surface area contributed by atoms with E-state index in [1.807, 2.05) is 66.7 Å². The average molecular weight is 442 g/mol. The molecule has 1 heterocycles. The first-order valence-electron chi connectivity index (χ1n) is 10.8. The molecule has 33 heavy (non-hydrogen) atoms. The lowest BCUT2D eigenvalue weighted by Crippen LogP contribution is -2.45. The Labute approximate surface area is 194 Å². The number of para-hydroxylation sites is 2. The van der Waals surface area contributed by atoms with Crippen LogP contribution in [0.4, 0.5) is 10.5 Å². The lowest BCUT2D eigenvalue weighted by Gasteiger charge is -2.28. The average Bonchev–Trinajstić information content (AvgIpc) is 3.06. The normalized spacial score (nSPS) is 17.4. The van der Waals surface area contributed by atoms with Gasteiger partial charge in [-0.25, -0.2) is 9.69 Å². The highest BCUT2D eigenvalue weighted by molar-refractivity contribution is 6.23. The van der Waals surface area contributed by atoms with Gasteiger partial charge in [0, 0.05) is 11.1 Å². The number of imide groups is 1. The highest BCUT2D eigenvalue weighted by atomic mass is 16.6. The van der Waals surface area contributed by atoms with Gasteiger partial charge in [-0.05, 0) is 38.5 Å². The minimum Gasteiger partial charge on any atom is -0.489 e. The van der Waals surface area contributed by atoms with Gasteiger partial charge in [0.2, 0.25) is 0 Å². The van der Waals surface area contributed by atoms with Gasteiger partial charge in [0.1, 0.15) is 23.4 Å². The van der Waals surface area contributed by atoms with Crippen molar-refractivity contribution in [3.63, 3.8) is 0 Å². The maximum absolute atomic E-state index is 14.0. The topological polar surface area (TPSA) is 55.8 Å². The van der Waals surface area contributed by atoms with Crippen LogP contribution in [0.25, 0.3) is 0 Å². The maximum Gasteiger partial charge on any atom is 0.421 e. The number of hydrogen-bond donors (Lipinski definition) is 0. The molecule has 0 aliphatic carbocycles. The van der Waals surface area contributed by atoms with Crippen LogP contribution in [0.2, 0.25) is 0 Å². The van der Waals surface area contributed by atoms with E-state index in [1.54, 1.807) is 39.0 Å². The van der Waals surface area contributed by atoms with Crippen molar-refractivity contribution >= 4 is 17.7 Å². The quantitative estimate of drug-likeness (QED) is 0.454. The molecule has 0 fully saturated rings. The van der Waals surface area contributed by atoms with E-state index in [4.69, 9.17) is 9.47 Å². The van der Waals surface area contributed by atoms with Crippen molar-refractivity contribution in [2.24, 2.45) is 0 Å². The number of ether oxygens (including phenoxy) is 2. The lowest BCUT2D eigenvalue weighted by molar-refractivity contribution is -0.120. The van der Waals surface area contributed by atoms with Crippen molar-refractivity contribution in [1.29, 1.82) is 0 Å². The van der Waals surface area contributed by atoms with Crippen molar-refractivity contribution in [2.45, 2.75) is 38.4 Å². The fourth-order valence-electron chi connectivity index (χ4n) is 4.11. The Morgan fingerprint density at radius 3 is 2.21 bits per heavy atom. The first-order valence-corrected chi connectivity index (χ1v) is 10.8. The number of fused-ring (bicyclic) bond motifs is 1. The predicted molar refractivity (Wildman–Crippen MR) is 128 cm³/mol. The van der Waals surface area contributed by atoms with Crippen LogP contribution in [0.5, 0.6) is 5.75 Å². The van der Waals surface area contributed by atoms with E-state index in [2.05, 4.69) is 6.58 Å². The molecule has 5 heteroatoms. The molecule has 0 aromatic heterocycles. The Balaban J connectivity index is 1.80. The standard InChI is InChI=1S/C28H27NO4/c1-5-28(22-16-10-12-18-24(22)32-19-20-13-7-6-8-14-20)21-15-9-11-17-23(21)29(25(28)30)26(31)33-27(2,3)4/h5-18H,1,19H2,2-4H3. The lowest BCUT2D eigenvalue weighted by atomic mass is 9.75. The second-order valence-electron chi connectivity index (χ2n) is 8.92. The second-order valence-corrected chi connectivity index (χ2v) is 8.92. The summed E-state index contributed by atoms with van der Waals surface area (Å²) in [5.41, 5.74) is 0.734. The van der Waals surface area contributed by atoms with Crippen molar-refractivity contribution in [3.05, 3.63) is 108 Å². The Hall–Kier alpha value is -3.86. The molecule has 4 rings (SSSR count). The molecule has 2 amide bonds. The van der Waals surface area contributed by atoms with Crippen LogP contribution in [-0.2, 0) is 21.6 Å². The SMILES string of the molecule is C=CC1(c2ccccc2OCc2ccccc2)C(=O)N(C(=O)OC(C)(C)C)c2ccccc21. The fraction of sp³-hybridized carbons (Fsp3) is 0.214. The molecule has 0 radical (unpaired) electrons. The molecule has 0 N–H and O–H groups in total. The zero-order chi connectivity index (χ0) is 23.6. The fourth-order valence-corrected chi connectivity index (χ4v) is 4.11. The molecule has 0 spiro atoms. The number of nitrogens with zero attached hydrogens (tertiary/aromatic N) is 1. The van der Waals surface area contributed by atoms with Crippen LogP contribution < -0.4 is 9.64 Å². The minimum absolute atomic E-state index is 0.344. The third-order valence-corrected chi connectivity index (χ3v) is 5.54. The first kappa shape index (κ1) is 22.3. The zero-order valence-electron chi connectivity index (χ0n) is 19.1. The molecule has 0 saturated heterocycles. The Morgan fingerprint density at radius 2 is 1.55 bits per heavy atom. The van der Waals surface area contributed by atoms with E-state index in [0.29, 0.717) is 29.2 Å². The molecule has 0 bridgehead atoms. The third-order valence-electron chi connectivity index (χ3n) is 5.54. The van der Waals surface area contributed by atoms with Crippen LogP contribution in [-0.4, -0.2) is 17.6 Å². The molecule has 1 atom stereocenters. The number of hydrogen-bond acceptors (Lipinski definition) is 4. The summed E-state index contributed by atoms with van der Waals surface area (Å²) in [7, 11) is 0. The molecule has 1 aliphatic rings. The molecule has 3 aromatic rings. The Morgan fingerprint density at radius 1 is 0.939 bits per heavy atom. The van der Waals surface area contributed by atoms with Gasteiger partial charge in [-0.3, -0.25) is 4.79 Å². The second kappa shape index (κ2) is 8.58. The molecule has 168 valence electrons. The minimum atomic E-state index is -1.29. The molecule has 0 saturated carbocycles. The molecule has 3 aromatic carbocycles. The summed E-state index contributed by atoms with van der Waals surface area (Å²) in [6, 6.07) is 24.4. The number of carbonyl (C=O) groups excluding carboxylic acids is 2. The van der Waals surface area contributed by atoms with E-state index in [9.17, 15) is 9.59 Å². The van der Waals surface area contributed by atoms with Crippen LogP contribution in [0.15, 0.2) is 91.5 Å². The molecule has 1 unspecified atom stereocenters. The van der Waals surface area contributed by atoms with E-state index in [-0.39, 0.29) is 0 Å². The highest BCUT2D eigenvalue weighted by Crippen LogP contribution is 2.49. The maximum atomic E-state index is 14.0. The van der Waals surface area contributed by atoms with Gasteiger partial charge in [0.05, 0.1) is 5.69 Å². The summed E-state index contributed by atoms with van der Waals surface area (Å²) in [5.74, 6) is 0.110. The van der Waals surface area contributed by atoms with Gasteiger partial charge >= 0.3 is 6.09 Å². The van der Waals surface area contributed by atoms with E-state index in [1.165, 1.54) is 0 Å². The highest BCUT2D eigenvalue weighted by Gasteiger charge is 2.54. The van der Waals surface area contributed by atoms with E-state index < -0.39 is 23.0 Å². The van der Waals surface area contributed by atoms with E-state index in [0.717, 1.165) is 10.5 Å². The van der Waals surface area contributed by atoms with Crippen LogP contribution in [0, 0.1) is 0 Å². The van der Waals surface area contributed by atoms with Gasteiger partial charge in [0.25, 0.3) is 5.91 Å². The summed E-state index contributed by atoms with van der Waals surface area (Å²) in [4.78, 5) is 28.2. The molecule has 1 aliphatic heterocycles. The van der Waals surface area contributed by atoms with Crippen molar-refractivity contribution < 1.29 is 19.1 Å². The first-order chi connectivity index (χ1) is 15.8. The monoisotopic (exact) mass is 441 g/mol. The summed E-state index contributed by atoms with van der Waals surface area (Å²) in [5, 5.41) is 0. The Kier molecular flexibility index (Phi) is 5.81.